The van der Waals surface area contributed by atoms with Gasteiger partial charge in [0.2, 0.25) is 0 Å². The highest BCUT2D eigenvalue weighted by atomic mass is 31.2. The van der Waals surface area contributed by atoms with Gasteiger partial charge >= 0.3 is 19.3 Å². The predicted octanol–water partition coefficient (Wildman–Crippen LogP) is 0.159. The van der Waals surface area contributed by atoms with Crippen LogP contribution in [-0.2, 0) is 18.8 Å². The number of hydrogen-bond donors (Lipinski definition) is 3. The SMILES string of the molecule is O=C(OC1CC(OCP(=O)(O)O)O[C@H]1n1ccc(=O)[nH]c1=O)c1ccccc1. The topological polar surface area (TPSA) is 157 Å². The van der Waals surface area contributed by atoms with Gasteiger partial charge in [0.1, 0.15) is 0 Å². The molecule has 2 unspecified atom stereocenters. The summed E-state index contributed by atoms with van der Waals surface area (Å²) < 4.78 is 28.0. The number of rotatable bonds is 6. The molecule has 1 fully saturated rings. The molecule has 0 amide bonds. The molecule has 12 heteroatoms. The number of benzene rings is 1. The van der Waals surface area contributed by atoms with E-state index in [1.165, 1.54) is 6.20 Å². The first-order valence-electron chi connectivity index (χ1n) is 8.12. The van der Waals surface area contributed by atoms with Gasteiger partial charge in [-0.3, -0.25) is 18.9 Å². The number of ether oxygens (including phenoxy) is 3. The Hall–Kier alpha value is -2.56. The first-order chi connectivity index (χ1) is 13.2. The average Bonchev–Trinajstić information content (AvgIpc) is 3.03. The Bertz CT molecular complexity index is 997. The van der Waals surface area contributed by atoms with Crippen molar-refractivity contribution in [3.8, 4) is 0 Å². The van der Waals surface area contributed by atoms with Gasteiger partial charge in [0.05, 0.1) is 5.56 Å². The Kier molecular flexibility index (Phi) is 5.92. The number of aromatic nitrogens is 2. The lowest BCUT2D eigenvalue weighted by Gasteiger charge is -2.20. The Labute approximate surface area is 157 Å². The highest BCUT2D eigenvalue weighted by molar-refractivity contribution is 7.51. The summed E-state index contributed by atoms with van der Waals surface area (Å²) >= 11 is 0. The van der Waals surface area contributed by atoms with E-state index in [4.69, 9.17) is 24.0 Å². The minimum atomic E-state index is -4.45. The van der Waals surface area contributed by atoms with Crippen LogP contribution >= 0.6 is 7.60 Å². The summed E-state index contributed by atoms with van der Waals surface area (Å²) in [5, 5.41) is 0. The van der Waals surface area contributed by atoms with Crippen molar-refractivity contribution in [3.63, 3.8) is 0 Å². The fourth-order valence-electron chi connectivity index (χ4n) is 2.65. The monoisotopic (exact) mass is 412 g/mol. The summed E-state index contributed by atoms with van der Waals surface area (Å²) in [4.78, 5) is 55.6. The van der Waals surface area contributed by atoms with E-state index in [0.29, 0.717) is 0 Å². The second kappa shape index (κ2) is 8.21. The summed E-state index contributed by atoms with van der Waals surface area (Å²) in [5.41, 5.74) is -1.14. The summed E-state index contributed by atoms with van der Waals surface area (Å²) in [6.07, 6.45) is -3.10. The molecule has 0 bridgehead atoms. The molecule has 1 aromatic heterocycles. The number of hydrogen-bond acceptors (Lipinski definition) is 7. The largest absolute Gasteiger partial charge is 0.454 e. The third-order valence-corrected chi connectivity index (χ3v) is 4.34. The van der Waals surface area contributed by atoms with Crippen molar-refractivity contribution < 1.29 is 33.4 Å². The molecule has 150 valence electrons. The van der Waals surface area contributed by atoms with Gasteiger partial charge in [-0.2, -0.15) is 0 Å². The maximum absolute atomic E-state index is 12.4. The predicted molar refractivity (Wildman–Crippen MR) is 93.5 cm³/mol. The summed E-state index contributed by atoms with van der Waals surface area (Å²) in [5.74, 6) is -0.674. The number of carbonyl (C=O) groups is 1. The van der Waals surface area contributed by atoms with Crippen LogP contribution < -0.4 is 11.2 Å². The lowest BCUT2D eigenvalue weighted by Crippen LogP contribution is -2.36. The molecule has 0 spiro atoms. The van der Waals surface area contributed by atoms with Crippen molar-refractivity contribution in [2.24, 2.45) is 0 Å². The van der Waals surface area contributed by atoms with Crippen molar-refractivity contribution in [1.82, 2.24) is 9.55 Å². The lowest BCUT2D eigenvalue weighted by atomic mass is 10.2. The van der Waals surface area contributed by atoms with Gasteiger partial charge in [-0.1, -0.05) is 18.2 Å². The van der Waals surface area contributed by atoms with Crippen LogP contribution in [0.25, 0.3) is 0 Å². The first kappa shape index (κ1) is 20.2. The summed E-state index contributed by atoms with van der Waals surface area (Å²) in [7, 11) is -4.45. The number of H-pyrrole nitrogens is 1. The molecule has 28 heavy (non-hydrogen) atoms. The molecule has 0 aliphatic carbocycles. The minimum absolute atomic E-state index is 0.0746. The van der Waals surface area contributed by atoms with E-state index >= 15 is 0 Å². The molecule has 2 aromatic rings. The summed E-state index contributed by atoms with van der Waals surface area (Å²) in [6.45, 7) is 0. The van der Waals surface area contributed by atoms with Crippen molar-refractivity contribution in [2.45, 2.75) is 25.0 Å². The van der Waals surface area contributed by atoms with Crippen molar-refractivity contribution >= 4 is 13.6 Å². The Morgan fingerprint density at radius 1 is 1.25 bits per heavy atom. The molecule has 0 saturated carbocycles. The van der Waals surface area contributed by atoms with E-state index in [2.05, 4.69) is 4.98 Å². The number of nitrogens with zero attached hydrogens (tertiary/aromatic N) is 1. The van der Waals surface area contributed by atoms with Crippen LogP contribution in [0.3, 0.4) is 0 Å². The van der Waals surface area contributed by atoms with Crippen molar-refractivity contribution in [2.75, 3.05) is 6.35 Å². The Balaban J connectivity index is 1.82. The van der Waals surface area contributed by atoms with Crippen LogP contribution in [0.4, 0.5) is 0 Å². The average molecular weight is 412 g/mol. The molecule has 1 aromatic carbocycles. The quantitative estimate of drug-likeness (QED) is 0.444. The standard InChI is InChI=1S/C16H17N2O9P/c19-12-6-7-18(16(21)17-12)14-11(8-13(27-14)25-9-28(22,23)24)26-15(20)10-4-2-1-3-5-10/h1-7,11,13-14H,8-9H2,(H,17,19,21)(H2,22,23,24)/t11?,13?,14-/m1/s1. The van der Waals surface area contributed by atoms with E-state index in [1.54, 1.807) is 30.3 Å². The van der Waals surface area contributed by atoms with Gasteiger partial charge in [-0.25, -0.2) is 9.59 Å². The number of nitrogens with one attached hydrogen (secondary N) is 1. The Morgan fingerprint density at radius 3 is 2.61 bits per heavy atom. The van der Waals surface area contributed by atoms with Crippen LogP contribution in [0.1, 0.15) is 23.0 Å². The molecule has 3 rings (SSSR count). The molecule has 0 radical (unpaired) electrons. The van der Waals surface area contributed by atoms with Gasteiger partial charge in [0.25, 0.3) is 5.56 Å². The van der Waals surface area contributed by atoms with Gasteiger partial charge in [0, 0.05) is 18.7 Å². The number of aromatic amines is 1. The van der Waals surface area contributed by atoms with Crippen LogP contribution in [0, 0.1) is 0 Å². The smallest absolute Gasteiger partial charge is 0.351 e. The normalized spacial score (nSPS) is 22.1. The zero-order valence-electron chi connectivity index (χ0n) is 14.3. The number of esters is 1. The molecule has 3 atom stereocenters. The van der Waals surface area contributed by atoms with E-state index in [-0.39, 0.29) is 12.0 Å². The highest BCUT2D eigenvalue weighted by Gasteiger charge is 2.41. The maximum Gasteiger partial charge on any atom is 0.351 e. The van der Waals surface area contributed by atoms with Crippen molar-refractivity contribution in [1.29, 1.82) is 0 Å². The van der Waals surface area contributed by atoms with Crippen LogP contribution in [0.2, 0.25) is 0 Å². The zero-order chi connectivity index (χ0) is 20.3. The molecule has 11 nitrogen and oxygen atoms in total. The zero-order valence-corrected chi connectivity index (χ0v) is 15.2. The Morgan fingerprint density at radius 2 is 1.96 bits per heavy atom. The lowest BCUT2D eigenvalue weighted by molar-refractivity contribution is -0.147. The van der Waals surface area contributed by atoms with Crippen LogP contribution in [-0.4, -0.2) is 44.0 Å². The molecular formula is C16H17N2O9P. The fraction of sp³-hybridized carbons (Fsp3) is 0.312. The van der Waals surface area contributed by atoms with Gasteiger partial charge in [-0.05, 0) is 12.1 Å². The molecule has 1 aliphatic rings. The van der Waals surface area contributed by atoms with Gasteiger partial charge < -0.3 is 24.0 Å². The van der Waals surface area contributed by atoms with Gasteiger partial charge in [-0.15, -0.1) is 0 Å². The van der Waals surface area contributed by atoms with Crippen LogP contribution in [0.15, 0.2) is 52.2 Å². The third kappa shape index (κ3) is 5.03. The van der Waals surface area contributed by atoms with E-state index in [0.717, 1.165) is 10.6 Å². The summed E-state index contributed by atoms with van der Waals surface area (Å²) in [6, 6.07) is 9.20. The number of carbonyl (C=O) groups excluding carboxylic acids is 1. The highest BCUT2D eigenvalue weighted by Crippen LogP contribution is 2.38. The molecule has 1 aliphatic heterocycles. The molecule has 2 heterocycles. The minimum Gasteiger partial charge on any atom is -0.454 e. The molecular weight excluding hydrogens is 395 g/mol. The third-order valence-electron chi connectivity index (χ3n) is 3.86. The van der Waals surface area contributed by atoms with E-state index in [1.807, 2.05) is 0 Å². The van der Waals surface area contributed by atoms with Gasteiger partial charge in [0.15, 0.2) is 25.0 Å². The van der Waals surface area contributed by atoms with E-state index in [9.17, 15) is 18.9 Å². The molecule has 1 saturated heterocycles. The van der Waals surface area contributed by atoms with Crippen molar-refractivity contribution in [3.05, 3.63) is 69.0 Å². The first-order valence-corrected chi connectivity index (χ1v) is 9.92. The fourth-order valence-corrected chi connectivity index (χ4v) is 3.01. The molecule has 3 N–H and O–H groups in total. The second-order valence-electron chi connectivity index (χ2n) is 5.98. The van der Waals surface area contributed by atoms with Crippen LogP contribution in [0.5, 0.6) is 0 Å². The maximum atomic E-state index is 12.4. The second-order valence-corrected chi connectivity index (χ2v) is 7.57. The van der Waals surface area contributed by atoms with E-state index < -0.39 is 49.8 Å².